The highest BCUT2D eigenvalue weighted by atomic mass is 32.2. The van der Waals surface area contributed by atoms with Crippen LogP contribution in [0.1, 0.15) is 18.0 Å². The number of thioether (sulfide) groups is 1. The molecule has 3 rings (SSSR count). The Morgan fingerprint density at radius 3 is 2.86 bits per heavy atom. The first-order valence-electron chi connectivity index (χ1n) is 6.84. The van der Waals surface area contributed by atoms with Crippen molar-refractivity contribution in [2.75, 3.05) is 32.1 Å². The SMILES string of the molecule is O=S(=O)(NC1CCSc2ccc(F)cc21)N1CCOCC1. The summed E-state index contributed by atoms with van der Waals surface area (Å²) in [4.78, 5) is 0.942. The number of nitrogens with one attached hydrogen (secondary N) is 1. The monoisotopic (exact) mass is 332 g/mol. The van der Waals surface area contributed by atoms with E-state index in [9.17, 15) is 12.8 Å². The summed E-state index contributed by atoms with van der Waals surface area (Å²) in [6, 6.07) is 4.17. The molecule has 0 bridgehead atoms. The van der Waals surface area contributed by atoms with Crippen molar-refractivity contribution in [1.82, 2.24) is 9.03 Å². The van der Waals surface area contributed by atoms with E-state index in [-0.39, 0.29) is 11.9 Å². The predicted molar refractivity (Wildman–Crippen MR) is 78.9 cm³/mol. The Kier molecular flexibility index (Phi) is 4.51. The first-order chi connectivity index (χ1) is 10.1. The van der Waals surface area contributed by atoms with Crippen molar-refractivity contribution in [2.45, 2.75) is 17.4 Å². The lowest BCUT2D eigenvalue weighted by Gasteiger charge is -2.31. The highest BCUT2D eigenvalue weighted by molar-refractivity contribution is 7.99. The molecule has 1 saturated heterocycles. The summed E-state index contributed by atoms with van der Waals surface area (Å²) in [5, 5.41) is 0. The highest BCUT2D eigenvalue weighted by Gasteiger charge is 2.30. The lowest BCUT2D eigenvalue weighted by molar-refractivity contribution is 0.0723. The summed E-state index contributed by atoms with van der Waals surface area (Å²) < 4.78 is 47.5. The van der Waals surface area contributed by atoms with Crippen LogP contribution < -0.4 is 4.72 Å². The fourth-order valence-corrected chi connectivity index (χ4v) is 5.02. The summed E-state index contributed by atoms with van der Waals surface area (Å²) in [6.07, 6.45) is 0.657. The molecule has 8 heteroatoms. The second-order valence-electron chi connectivity index (χ2n) is 5.01. The van der Waals surface area contributed by atoms with Crippen molar-refractivity contribution in [3.8, 4) is 0 Å². The number of fused-ring (bicyclic) bond motifs is 1. The van der Waals surface area contributed by atoms with Crippen LogP contribution >= 0.6 is 11.8 Å². The molecule has 1 unspecified atom stereocenters. The Morgan fingerprint density at radius 2 is 2.10 bits per heavy atom. The second kappa shape index (κ2) is 6.21. The van der Waals surface area contributed by atoms with Crippen LogP contribution in [0.4, 0.5) is 4.39 Å². The Hall–Kier alpha value is -0.670. The van der Waals surface area contributed by atoms with Gasteiger partial charge in [-0.2, -0.15) is 17.4 Å². The number of morpholine rings is 1. The third-order valence-corrected chi connectivity index (χ3v) is 6.36. The molecule has 0 amide bonds. The average molecular weight is 332 g/mol. The van der Waals surface area contributed by atoms with Crippen LogP contribution in [0, 0.1) is 5.82 Å². The molecule has 1 aromatic carbocycles. The minimum absolute atomic E-state index is 0.341. The van der Waals surface area contributed by atoms with E-state index in [2.05, 4.69) is 4.72 Å². The van der Waals surface area contributed by atoms with E-state index in [0.29, 0.717) is 32.7 Å². The third-order valence-electron chi connectivity index (χ3n) is 3.61. The highest BCUT2D eigenvalue weighted by Crippen LogP contribution is 2.36. The summed E-state index contributed by atoms with van der Waals surface area (Å²) in [5.41, 5.74) is 0.725. The molecule has 5 nitrogen and oxygen atoms in total. The second-order valence-corrected chi connectivity index (χ2v) is 7.85. The van der Waals surface area contributed by atoms with Gasteiger partial charge in [-0.05, 0) is 35.9 Å². The van der Waals surface area contributed by atoms with Crippen molar-refractivity contribution in [2.24, 2.45) is 0 Å². The quantitative estimate of drug-likeness (QED) is 0.912. The van der Waals surface area contributed by atoms with Crippen LogP contribution in [-0.2, 0) is 14.9 Å². The number of hydrogen-bond donors (Lipinski definition) is 1. The molecule has 1 fully saturated rings. The molecule has 2 aliphatic heterocycles. The van der Waals surface area contributed by atoms with Gasteiger partial charge in [-0.3, -0.25) is 0 Å². The van der Waals surface area contributed by atoms with Gasteiger partial charge >= 0.3 is 0 Å². The smallest absolute Gasteiger partial charge is 0.280 e. The summed E-state index contributed by atoms with van der Waals surface area (Å²) in [7, 11) is -3.57. The van der Waals surface area contributed by atoms with Crippen LogP contribution in [0.25, 0.3) is 0 Å². The standard InChI is InChI=1S/C13H17FN2O3S2/c14-10-1-2-13-11(9-10)12(3-8-20-13)15-21(17,18)16-4-6-19-7-5-16/h1-2,9,12,15H,3-8H2. The molecular weight excluding hydrogens is 315 g/mol. The predicted octanol–water partition coefficient (Wildman–Crippen LogP) is 1.53. The molecule has 0 spiro atoms. The minimum Gasteiger partial charge on any atom is -0.379 e. The molecule has 0 aliphatic carbocycles. The van der Waals surface area contributed by atoms with Crippen molar-refractivity contribution in [3.05, 3.63) is 29.6 Å². The summed E-state index contributed by atoms with van der Waals surface area (Å²) >= 11 is 1.63. The van der Waals surface area contributed by atoms with Gasteiger partial charge in [0.15, 0.2) is 0 Å². The first-order valence-corrected chi connectivity index (χ1v) is 9.26. The van der Waals surface area contributed by atoms with Gasteiger partial charge in [0.1, 0.15) is 5.82 Å². The van der Waals surface area contributed by atoms with Crippen LogP contribution in [0.2, 0.25) is 0 Å². The van der Waals surface area contributed by atoms with Gasteiger partial charge in [0, 0.05) is 24.0 Å². The van der Waals surface area contributed by atoms with Crippen molar-refractivity contribution >= 4 is 22.0 Å². The normalized spacial score (nSPS) is 23.8. The molecular formula is C13H17FN2O3S2. The average Bonchev–Trinajstić information content (AvgIpc) is 2.48. The fourth-order valence-electron chi connectivity index (χ4n) is 2.53. The Bertz CT molecular complexity index is 618. The number of benzene rings is 1. The van der Waals surface area contributed by atoms with Crippen molar-refractivity contribution < 1.29 is 17.5 Å². The van der Waals surface area contributed by atoms with Gasteiger partial charge in [-0.15, -0.1) is 11.8 Å². The lowest BCUT2D eigenvalue weighted by atomic mass is 10.0. The zero-order valence-electron chi connectivity index (χ0n) is 11.4. The topological polar surface area (TPSA) is 58.6 Å². The van der Waals surface area contributed by atoms with Crippen molar-refractivity contribution in [1.29, 1.82) is 0 Å². The van der Waals surface area contributed by atoms with Crippen molar-refractivity contribution in [3.63, 3.8) is 0 Å². The maximum absolute atomic E-state index is 13.4. The fraction of sp³-hybridized carbons (Fsp3) is 0.538. The Morgan fingerprint density at radius 1 is 1.33 bits per heavy atom. The van der Waals surface area contributed by atoms with Crippen LogP contribution in [0.3, 0.4) is 0 Å². The lowest BCUT2D eigenvalue weighted by Crippen LogP contribution is -2.47. The Labute approximate surface area is 128 Å². The number of nitrogens with zero attached hydrogens (tertiary/aromatic N) is 1. The van der Waals surface area contributed by atoms with E-state index >= 15 is 0 Å². The zero-order chi connectivity index (χ0) is 14.9. The molecule has 0 aromatic heterocycles. The number of ether oxygens (including phenoxy) is 1. The van der Waals surface area contributed by atoms with E-state index < -0.39 is 10.2 Å². The van der Waals surface area contributed by atoms with Crippen LogP contribution in [0.5, 0.6) is 0 Å². The maximum atomic E-state index is 13.4. The van der Waals surface area contributed by atoms with E-state index in [4.69, 9.17) is 4.74 Å². The van der Waals surface area contributed by atoms with Gasteiger partial charge in [0.2, 0.25) is 0 Å². The molecule has 1 N–H and O–H groups in total. The molecule has 0 radical (unpaired) electrons. The van der Waals surface area contributed by atoms with Crippen LogP contribution in [0.15, 0.2) is 23.1 Å². The summed E-state index contributed by atoms with van der Waals surface area (Å²) in [5.74, 6) is 0.474. The maximum Gasteiger partial charge on any atom is 0.280 e. The third kappa shape index (κ3) is 3.40. The largest absolute Gasteiger partial charge is 0.379 e. The molecule has 2 heterocycles. The molecule has 116 valence electrons. The molecule has 21 heavy (non-hydrogen) atoms. The van der Waals surface area contributed by atoms with E-state index in [1.807, 2.05) is 0 Å². The number of rotatable bonds is 3. The minimum atomic E-state index is -3.57. The zero-order valence-corrected chi connectivity index (χ0v) is 13.1. The van der Waals surface area contributed by atoms with Gasteiger partial charge in [-0.1, -0.05) is 0 Å². The van der Waals surface area contributed by atoms with E-state index in [1.165, 1.54) is 16.4 Å². The van der Waals surface area contributed by atoms with Gasteiger partial charge in [-0.25, -0.2) is 4.39 Å². The van der Waals surface area contributed by atoms with Gasteiger partial charge in [0.05, 0.1) is 13.2 Å². The van der Waals surface area contributed by atoms with Gasteiger partial charge in [0.25, 0.3) is 10.2 Å². The van der Waals surface area contributed by atoms with Crippen LogP contribution in [-0.4, -0.2) is 44.8 Å². The van der Waals surface area contributed by atoms with E-state index in [1.54, 1.807) is 17.8 Å². The number of hydrogen-bond acceptors (Lipinski definition) is 4. The van der Waals surface area contributed by atoms with E-state index in [0.717, 1.165) is 16.2 Å². The Balaban J connectivity index is 1.81. The molecule has 1 atom stereocenters. The van der Waals surface area contributed by atoms with Gasteiger partial charge < -0.3 is 4.74 Å². The first kappa shape index (κ1) is 15.2. The molecule has 0 saturated carbocycles. The molecule has 2 aliphatic rings. The number of halogens is 1. The summed E-state index contributed by atoms with van der Waals surface area (Å²) in [6.45, 7) is 1.53. The molecule has 1 aromatic rings.